The Morgan fingerprint density at radius 1 is 1.24 bits per heavy atom. The average Bonchev–Trinajstić information content (AvgIpc) is 2.81. The lowest BCUT2D eigenvalue weighted by Gasteiger charge is -2.07. The van der Waals surface area contributed by atoms with Crippen LogP contribution in [0.1, 0.15) is 36.0 Å². The highest BCUT2D eigenvalue weighted by atomic mass is 79.9. The van der Waals surface area contributed by atoms with Gasteiger partial charge in [0.25, 0.3) is 0 Å². The summed E-state index contributed by atoms with van der Waals surface area (Å²) in [5, 5.41) is 3.34. The maximum atomic E-state index is 5.85. The van der Waals surface area contributed by atoms with Gasteiger partial charge in [-0.05, 0) is 56.6 Å². The van der Waals surface area contributed by atoms with Crippen LogP contribution < -0.4 is 10.1 Å². The molecule has 0 saturated heterocycles. The van der Waals surface area contributed by atoms with Gasteiger partial charge in [0.2, 0.25) is 0 Å². The third-order valence-corrected chi connectivity index (χ3v) is 4.21. The Bertz CT molecular complexity index is 592. The minimum Gasteiger partial charge on any atom is -0.489 e. The van der Waals surface area contributed by atoms with Crippen molar-refractivity contribution >= 4 is 15.9 Å². The van der Waals surface area contributed by atoms with E-state index in [9.17, 15) is 0 Å². The monoisotopic (exact) mass is 351 g/mol. The summed E-state index contributed by atoms with van der Waals surface area (Å²) < 4.78 is 12.7. The number of nitrogens with one attached hydrogen (secondary N) is 1. The van der Waals surface area contributed by atoms with Crippen molar-refractivity contribution in [1.82, 2.24) is 5.32 Å². The Labute approximate surface area is 134 Å². The first-order valence-electron chi connectivity index (χ1n) is 7.28. The number of benzene rings is 1. The topological polar surface area (TPSA) is 34.4 Å². The SMILES string of the molecule is CCCNCc1cc(COc2ccc(Br)c(C)c2)c(C)o1. The van der Waals surface area contributed by atoms with Crippen molar-refractivity contribution in [3.63, 3.8) is 0 Å². The summed E-state index contributed by atoms with van der Waals surface area (Å²) in [5.41, 5.74) is 2.27. The molecule has 114 valence electrons. The van der Waals surface area contributed by atoms with Crippen molar-refractivity contribution < 1.29 is 9.15 Å². The van der Waals surface area contributed by atoms with E-state index in [1.54, 1.807) is 0 Å². The third kappa shape index (κ3) is 4.61. The van der Waals surface area contributed by atoms with Crippen LogP contribution in [-0.4, -0.2) is 6.54 Å². The number of hydrogen-bond acceptors (Lipinski definition) is 3. The van der Waals surface area contributed by atoms with Gasteiger partial charge in [-0.25, -0.2) is 0 Å². The molecule has 0 radical (unpaired) electrons. The molecule has 0 bridgehead atoms. The van der Waals surface area contributed by atoms with E-state index in [1.165, 1.54) is 5.56 Å². The summed E-state index contributed by atoms with van der Waals surface area (Å²) in [4.78, 5) is 0. The molecule has 21 heavy (non-hydrogen) atoms. The van der Waals surface area contributed by atoms with Crippen LogP contribution in [0, 0.1) is 13.8 Å². The van der Waals surface area contributed by atoms with Gasteiger partial charge in [0, 0.05) is 10.0 Å². The quantitative estimate of drug-likeness (QED) is 0.731. The zero-order valence-corrected chi connectivity index (χ0v) is 14.4. The van der Waals surface area contributed by atoms with Crippen LogP contribution >= 0.6 is 15.9 Å². The number of rotatable bonds is 7. The standard InChI is InChI=1S/C17H22BrNO2/c1-4-7-19-10-16-9-14(13(3)21-16)11-20-15-5-6-17(18)12(2)8-15/h5-6,8-9,19H,4,7,10-11H2,1-3H3. The third-order valence-electron chi connectivity index (χ3n) is 3.32. The Kier molecular flexibility index (Phi) is 5.88. The highest BCUT2D eigenvalue weighted by Gasteiger charge is 2.08. The fraction of sp³-hybridized carbons (Fsp3) is 0.412. The molecule has 0 spiro atoms. The second-order valence-corrected chi connectivity index (χ2v) is 6.02. The predicted molar refractivity (Wildman–Crippen MR) is 88.7 cm³/mol. The van der Waals surface area contributed by atoms with E-state index >= 15 is 0 Å². The smallest absolute Gasteiger partial charge is 0.120 e. The average molecular weight is 352 g/mol. The van der Waals surface area contributed by atoms with E-state index in [-0.39, 0.29) is 0 Å². The largest absolute Gasteiger partial charge is 0.489 e. The Morgan fingerprint density at radius 3 is 2.76 bits per heavy atom. The lowest BCUT2D eigenvalue weighted by Crippen LogP contribution is -2.13. The molecule has 1 aromatic heterocycles. The van der Waals surface area contributed by atoms with Gasteiger partial charge in [-0.2, -0.15) is 0 Å². The van der Waals surface area contributed by atoms with E-state index in [4.69, 9.17) is 9.15 Å². The maximum Gasteiger partial charge on any atom is 0.120 e. The molecule has 0 aliphatic carbocycles. The van der Waals surface area contributed by atoms with Gasteiger partial charge >= 0.3 is 0 Å². The summed E-state index contributed by atoms with van der Waals surface area (Å²) in [5.74, 6) is 2.77. The molecular weight excluding hydrogens is 330 g/mol. The van der Waals surface area contributed by atoms with Crippen LogP contribution in [0.3, 0.4) is 0 Å². The number of furan rings is 1. The normalized spacial score (nSPS) is 10.9. The van der Waals surface area contributed by atoms with Gasteiger partial charge in [-0.3, -0.25) is 0 Å². The van der Waals surface area contributed by atoms with Crippen LogP contribution in [0.4, 0.5) is 0 Å². The minimum absolute atomic E-state index is 0.532. The first-order chi connectivity index (χ1) is 10.1. The lowest BCUT2D eigenvalue weighted by atomic mass is 10.2. The summed E-state index contributed by atoms with van der Waals surface area (Å²) >= 11 is 3.49. The maximum absolute atomic E-state index is 5.85. The fourth-order valence-corrected chi connectivity index (χ4v) is 2.32. The van der Waals surface area contributed by atoms with E-state index in [0.29, 0.717) is 6.61 Å². The second kappa shape index (κ2) is 7.66. The summed E-state index contributed by atoms with van der Waals surface area (Å²) in [7, 11) is 0. The van der Waals surface area contributed by atoms with Crippen LogP contribution in [0.15, 0.2) is 33.2 Å². The molecule has 0 amide bonds. The van der Waals surface area contributed by atoms with E-state index in [0.717, 1.165) is 46.8 Å². The fourth-order valence-electron chi connectivity index (χ4n) is 2.07. The molecule has 0 saturated carbocycles. The summed E-state index contributed by atoms with van der Waals surface area (Å²) in [6.45, 7) is 8.49. The molecule has 4 heteroatoms. The molecule has 1 N–H and O–H groups in total. The van der Waals surface area contributed by atoms with Crippen LogP contribution in [0.2, 0.25) is 0 Å². The van der Waals surface area contributed by atoms with E-state index < -0.39 is 0 Å². The molecule has 0 aliphatic rings. The van der Waals surface area contributed by atoms with Gasteiger partial charge in [-0.15, -0.1) is 0 Å². The molecule has 0 unspecified atom stereocenters. The Morgan fingerprint density at radius 2 is 2.05 bits per heavy atom. The molecule has 1 aromatic carbocycles. The minimum atomic E-state index is 0.532. The van der Waals surface area contributed by atoms with Crippen molar-refractivity contribution in [2.75, 3.05) is 6.54 Å². The van der Waals surface area contributed by atoms with Gasteiger partial charge < -0.3 is 14.5 Å². The number of aryl methyl sites for hydroxylation is 2. The summed E-state index contributed by atoms with van der Waals surface area (Å²) in [6.07, 6.45) is 1.12. The van der Waals surface area contributed by atoms with Gasteiger partial charge in [-0.1, -0.05) is 22.9 Å². The van der Waals surface area contributed by atoms with Gasteiger partial charge in [0.05, 0.1) is 6.54 Å². The Balaban J connectivity index is 1.94. The number of hydrogen-bond donors (Lipinski definition) is 1. The first-order valence-corrected chi connectivity index (χ1v) is 8.07. The summed E-state index contributed by atoms with van der Waals surface area (Å²) in [6, 6.07) is 8.08. The lowest BCUT2D eigenvalue weighted by molar-refractivity contribution is 0.302. The molecule has 3 nitrogen and oxygen atoms in total. The van der Waals surface area contributed by atoms with Crippen LogP contribution in [-0.2, 0) is 13.2 Å². The van der Waals surface area contributed by atoms with E-state index in [2.05, 4.69) is 41.2 Å². The highest BCUT2D eigenvalue weighted by Crippen LogP contribution is 2.23. The zero-order valence-electron chi connectivity index (χ0n) is 12.8. The molecule has 2 aromatic rings. The molecule has 0 atom stereocenters. The van der Waals surface area contributed by atoms with Gasteiger partial charge in [0.1, 0.15) is 23.9 Å². The van der Waals surface area contributed by atoms with Crippen LogP contribution in [0.25, 0.3) is 0 Å². The number of ether oxygens (including phenoxy) is 1. The van der Waals surface area contributed by atoms with Crippen LogP contribution in [0.5, 0.6) is 5.75 Å². The molecule has 0 fully saturated rings. The molecule has 1 heterocycles. The molecular formula is C17H22BrNO2. The van der Waals surface area contributed by atoms with Crippen molar-refractivity contribution in [2.24, 2.45) is 0 Å². The highest BCUT2D eigenvalue weighted by molar-refractivity contribution is 9.10. The van der Waals surface area contributed by atoms with Crippen molar-refractivity contribution in [3.05, 3.63) is 51.4 Å². The predicted octanol–water partition coefficient (Wildman–Crippen LogP) is 4.74. The molecule has 0 aliphatic heterocycles. The Hall–Kier alpha value is -1.26. The van der Waals surface area contributed by atoms with Crippen molar-refractivity contribution in [3.8, 4) is 5.75 Å². The second-order valence-electron chi connectivity index (χ2n) is 5.17. The van der Waals surface area contributed by atoms with Gasteiger partial charge in [0.15, 0.2) is 0 Å². The first kappa shape index (κ1) is 16.1. The van der Waals surface area contributed by atoms with Crippen molar-refractivity contribution in [2.45, 2.75) is 40.3 Å². The zero-order chi connectivity index (χ0) is 15.2. The van der Waals surface area contributed by atoms with E-state index in [1.807, 2.05) is 25.1 Å². The van der Waals surface area contributed by atoms with Crippen molar-refractivity contribution in [1.29, 1.82) is 0 Å². The number of halogens is 1. The molecule has 2 rings (SSSR count).